The van der Waals surface area contributed by atoms with Gasteiger partial charge >= 0.3 is 0 Å². The molecule has 0 spiro atoms. The normalized spacial score (nSPS) is 12.5. The second-order valence-electron chi connectivity index (χ2n) is 3.17. The van der Waals surface area contributed by atoms with Crippen molar-refractivity contribution >= 4 is 0 Å². The minimum atomic E-state index is -0.00579. The highest BCUT2D eigenvalue weighted by molar-refractivity contribution is 5.35. The van der Waals surface area contributed by atoms with E-state index in [1.165, 1.54) is 0 Å². The second kappa shape index (κ2) is 5.62. The largest absolute Gasteiger partial charge is 0.491 e. The summed E-state index contributed by atoms with van der Waals surface area (Å²) in [5.41, 5.74) is 6.84. The van der Waals surface area contributed by atoms with Crippen LogP contribution in [0.5, 0.6) is 5.75 Å². The fraction of sp³-hybridized carbons (Fsp3) is 0.455. The number of ether oxygens (including phenoxy) is 2. The number of hydrogen-bond donors (Lipinski definition) is 1. The lowest BCUT2D eigenvalue weighted by Crippen LogP contribution is -2.10. The number of nitrogens with two attached hydrogens (primary N) is 1. The van der Waals surface area contributed by atoms with Crippen LogP contribution < -0.4 is 10.5 Å². The summed E-state index contributed by atoms with van der Waals surface area (Å²) in [6.45, 7) is 3.09. The second-order valence-corrected chi connectivity index (χ2v) is 3.17. The molecule has 1 rings (SSSR count). The third-order valence-electron chi connectivity index (χ3n) is 1.95. The standard InChI is InChI=1S/C11H17NO2/c1-9(12)10-5-3-4-6-11(10)14-8-7-13-2/h3-6,9H,7-8,12H2,1-2H3. The fourth-order valence-electron chi connectivity index (χ4n) is 1.22. The lowest BCUT2D eigenvalue weighted by molar-refractivity contribution is 0.145. The van der Waals surface area contributed by atoms with Crippen LogP contribution in [0.15, 0.2) is 24.3 Å². The van der Waals surface area contributed by atoms with Gasteiger partial charge in [0.05, 0.1) is 6.61 Å². The monoisotopic (exact) mass is 195 g/mol. The van der Waals surface area contributed by atoms with Gasteiger partial charge in [-0.25, -0.2) is 0 Å². The minimum Gasteiger partial charge on any atom is -0.491 e. The van der Waals surface area contributed by atoms with Gasteiger partial charge in [0, 0.05) is 18.7 Å². The van der Waals surface area contributed by atoms with Crippen LogP contribution in [-0.4, -0.2) is 20.3 Å². The fourth-order valence-corrected chi connectivity index (χ4v) is 1.22. The Hall–Kier alpha value is -1.06. The van der Waals surface area contributed by atoms with Crippen molar-refractivity contribution in [1.29, 1.82) is 0 Å². The van der Waals surface area contributed by atoms with Crippen molar-refractivity contribution in [3.63, 3.8) is 0 Å². The molecule has 0 radical (unpaired) electrons. The minimum absolute atomic E-state index is 0.00579. The van der Waals surface area contributed by atoms with Crippen LogP contribution in [0.4, 0.5) is 0 Å². The molecule has 0 saturated heterocycles. The molecule has 1 atom stereocenters. The zero-order valence-corrected chi connectivity index (χ0v) is 8.69. The third kappa shape index (κ3) is 3.01. The zero-order valence-electron chi connectivity index (χ0n) is 8.69. The Kier molecular flexibility index (Phi) is 4.43. The molecule has 0 heterocycles. The molecule has 78 valence electrons. The van der Waals surface area contributed by atoms with E-state index >= 15 is 0 Å². The van der Waals surface area contributed by atoms with Crippen molar-refractivity contribution in [2.24, 2.45) is 5.73 Å². The lowest BCUT2D eigenvalue weighted by Gasteiger charge is -2.13. The van der Waals surface area contributed by atoms with Gasteiger partial charge in [-0.3, -0.25) is 0 Å². The maximum Gasteiger partial charge on any atom is 0.124 e. The van der Waals surface area contributed by atoms with Crippen LogP contribution in [0.1, 0.15) is 18.5 Å². The highest BCUT2D eigenvalue weighted by Crippen LogP contribution is 2.22. The maximum absolute atomic E-state index is 5.81. The third-order valence-corrected chi connectivity index (χ3v) is 1.95. The Labute approximate surface area is 84.8 Å². The highest BCUT2D eigenvalue weighted by Gasteiger charge is 2.06. The Balaban J connectivity index is 2.64. The molecule has 1 aromatic rings. The van der Waals surface area contributed by atoms with Crippen molar-refractivity contribution in [2.45, 2.75) is 13.0 Å². The average Bonchev–Trinajstić information content (AvgIpc) is 2.19. The maximum atomic E-state index is 5.81. The van der Waals surface area contributed by atoms with Gasteiger partial charge in [-0.2, -0.15) is 0 Å². The van der Waals surface area contributed by atoms with Gasteiger partial charge in [0.1, 0.15) is 12.4 Å². The molecule has 0 aliphatic carbocycles. The Morgan fingerprint density at radius 1 is 1.29 bits per heavy atom. The molecule has 0 saturated carbocycles. The summed E-state index contributed by atoms with van der Waals surface area (Å²) in [7, 11) is 1.65. The first-order valence-electron chi connectivity index (χ1n) is 4.72. The number of benzene rings is 1. The summed E-state index contributed by atoms with van der Waals surface area (Å²) in [5.74, 6) is 0.847. The van der Waals surface area contributed by atoms with Crippen LogP contribution in [-0.2, 0) is 4.74 Å². The van der Waals surface area contributed by atoms with Crippen molar-refractivity contribution < 1.29 is 9.47 Å². The number of para-hydroxylation sites is 1. The van der Waals surface area contributed by atoms with Crippen molar-refractivity contribution in [2.75, 3.05) is 20.3 Å². The quantitative estimate of drug-likeness (QED) is 0.728. The van der Waals surface area contributed by atoms with Gasteiger partial charge in [0.2, 0.25) is 0 Å². The summed E-state index contributed by atoms with van der Waals surface area (Å²) in [4.78, 5) is 0. The van der Waals surface area contributed by atoms with Gasteiger partial charge in [-0.15, -0.1) is 0 Å². The molecular formula is C11H17NO2. The first-order chi connectivity index (χ1) is 6.75. The van der Waals surface area contributed by atoms with E-state index < -0.39 is 0 Å². The van der Waals surface area contributed by atoms with Crippen LogP contribution in [0, 0.1) is 0 Å². The Morgan fingerprint density at radius 3 is 2.64 bits per heavy atom. The topological polar surface area (TPSA) is 44.5 Å². The zero-order chi connectivity index (χ0) is 10.4. The van der Waals surface area contributed by atoms with E-state index in [2.05, 4.69) is 0 Å². The molecule has 0 amide bonds. The van der Waals surface area contributed by atoms with E-state index in [-0.39, 0.29) is 6.04 Å². The molecule has 2 N–H and O–H groups in total. The lowest BCUT2D eigenvalue weighted by atomic mass is 10.1. The van der Waals surface area contributed by atoms with E-state index in [4.69, 9.17) is 15.2 Å². The molecule has 0 aliphatic rings. The van der Waals surface area contributed by atoms with Gasteiger partial charge in [-0.05, 0) is 13.0 Å². The molecule has 0 aliphatic heterocycles. The summed E-state index contributed by atoms with van der Waals surface area (Å²) in [6.07, 6.45) is 0. The smallest absolute Gasteiger partial charge is 0.124 e. The summed E-state index contributed by atoms with van der Waals surface area (Å²) < 4.78 is 10.4. The van der Waals surface area contributed by atoms with Crippen LogP contribution in [0.2, 0.25) is 0 Å². The molecule has 0 fully saturated rings. The van der Waals surface area contributed by atoms with E-state index in [9.17, 15) is 0 Å². The predicted octanol–water partition coefficient (Wildman–Crippen LogP) is 1.73. The molecule has 0 bridgehead atoms. The van der Waals surface area contributed by atoms with Crippen LogP contribution >= 0.6 is 0 Å². The van der Waals surface area contributed by atoms with E-state index in [0.29, 0.717) is 13.2 Å². The van der Waals surface area contributed by atoms with E-state index in [0.717, 1.165) is 11.3 Å². The first kappa shape index (κ1) is 11.0. The summed E-state index contributed by atoms with van der Waals surface area (Å²) in [5, 5.41) is 0. The van der Waals surface area contributed by atoms with E-state index in [1.807, 2.05) is 31.2 Å². The summed E-state index contributed by atoms with van der Waals surface area (Å²) in [6, 6.07) is 7.80. The van der Waals surface area contributed by atoms with Crippen LogP contribution in [0.25, 0.3) is 0 Å². The van der Waals surface area contributed by atoms with Gasteiger partial charge in [0.15, 0.2) is 0 Å². The van der Waals surface area contributed by atoms with Crippen molar-refractivity contribution in [3.05, 3.63) is 29.8 Å². The molecule has 3 heteroatoms. The van der Waals surface area contributed by atoms with Crippen LogP contribution in [0.3, 0.4) is 0 Å². The molecule has 0 aromatic heterocycles. The molecule has 1 aromatic carbocycles. The number of rotatable bonds is 5. The molecule has 14 heavy (non-hydrogen) atoms. The Bertz CT molecular complexity index is 274. The highest BCUT2D eigenvalue weighted by atomic mass is 16.5. The predicted molar refractivity (Wildman–Crippen MR) is 56.4 cm³/mol. The van der Waals surface area contributed by atoms with Gasteiger partial charge in [-0.1, -0.05) is 18.2 Å². The van der Waals surface area contributed by atoms with Gasteiger partial charge < -0.3 is 15.2 Å². The molecule has 1 unspecified atom stereocenters. The number of hydrogen-bond acceptors (Lipinski definition) is 3. The molecule has 3 nitrogen and oxygen atoms in total. The van der Waals surface area contributed by atoms with Gasteiger partial charge in [0.25, 0.3) is 0 Å². The first-order valence-corrected chi connectivity index (χ1v) is 4.72. The SMILES string of the molecule is COCCOc1ccccc1C(C)N. The molecular weight excluding hydrogens is 178 g/mol. The Morgan fingerprint density at radius 2 is 2.00 bits per heavy atom. The van der Waals surface area contributed by atoms with Crippen molar-refractivity contribution in [3.8, 4) is 5.75 Å². The number of methoxy groups -OCH3 is 1. The average molecular weight is 195 g/mol. The van der Waals surface area contributed by atoms with E-state index in [1.54, 1.807) is 7.11 Å². The van der Waals surface area contributed by atoms with Crippen molar-refractivity contribution in [1.82, 2.24) is 0 Å². The summed E-state index contributed by atoms with van der Waals surface area (Å²) >= 11 is 0.